The van der Waals surface area contributed by atoms with Crippen LogP contribution in [0.3, 0.4) is 0 Å². The van der Waals surface area contributed by atoms with Crippen molar-refractivity contribution < 1.29 is 0 Å². The van der Waals surface area contributed by atoms with Gasteiger partial charge in [0.05, 0.1) is 0 Å². The number of rotatable bonds is 1. The zero-order valence-electron chi connectivity index (χ0n) is 9.45. The van der Waals surface area contributed by atoms with Gasteiger partial charge in [0.15, 0.2) is 0 Å². The largest absolute Gasteiger partial charge is 0.399 e. The molecule has 0 spiro atoms. The summed E-state index contributed by atoms with van der Waals surface area (Å²) in [7, 11) is 0. The predicted molar refractivity (Wildman–Crippen MR) is 66.1 cm³/mol. The number of nitrogens with zero attached hydrogens (tertiary/aromatic N) is 1. The van der Waals surface area contributed by atoms with Gasteiger partial charge < -0.3 is 10.6 Å². The fourth-order valence-corrected chi connectivity index (χ4v) is 2.32. The highest BCUT2D eigenvalue weighted by molar-refractivity contribution is 5.53. The molecule has 1 aliphatic rings. The Balaban J connectivity index is 2.16. The molecule has 1 atom stereocenters. The van der Waals surface area contributed by atoms with E-state index in [1.807, 2.05) is 12.1 Å². The maximum Gasteiger partial charge on any atom is 0.0370 e. The van der Waals surface area contributed by atoms with Crippen molar-refractivity contribution in [3.05, 3.63) is 24.3 Å². The van der Waals surface area contributed by atoms with Gasteiger partial charge in [-0.1, -0.05) is 12.8 Å². The first kappa shape index (κ1) is 10.3. The third-order valence-electron chi connectivity index (χ3n) is 3.28. The number of benzene rings is 1. The summed E-state index contributed by atoms with van der Waals surface area (Å²) in [6, 6.07) is 8.92. The number of anilines is 2. The summed E-state index contributed by atoms with van der Waals surface area (Å²) in [6.45, 7) is 3.51. The van der Waals surface area contributed by atoms with Crippen LogP contribution in [0.15, 0.2) is 24.3 Å². The van der Waals surface area contributed by atoms with Gasteiger partial charge in [0, 0.05) is 24.0 Å². The molecule has 1 aromatic carbocycles. The lowest BCUT2D eigenvalue weighted by molar-refractivity contribution is 0.616. The summed E-state index contributed by atoms with van der Waals surface area (Å²) >= 11 is 0. The van der Waals surface area contributed by atoms with Crippen LogP contribution >= 0.6 is 0 Å². The summed E-state index contributed by atoms with van der Waals surface area (Å²) < 4.78 is 0. The fraction of sp³-hybridized carbons (Fsp3) is 0.538. The Hall–Kier alpha value is -1.18. The van der Waals surface area contributed by atoms with E-state index in [4.69, 9.17) is 5.73 Å². The summed E-state index contributed by atoms with van der Waals surface area (Å²) in [5.41, 5.74) is 7.87. The van der Waals surface area contributed by atoms with Gasteiger partial charge in [-0.25, -0.2) is 0 Å². The van der Waals surface area contributed by atoms with Crippen LogP contribution in [0.2, 0.25) is 0 Å². The van der Waals surface area contributed by atoms with Crippen LogP contribution in [0.1, 0.15) is 32.6 Å². The van der Waals surface area contributed by atoms with E-state index in [2.05, 4.69) is 24.0 Å². The normalized spacial score (nSPS) is 22.5. The van der Waals surface area contributed by atoms with Gasteiger partial charge in [-0.3, -0.25) is 0 Å². The van der Waals surface area contributed by atoms with Gasteiger partial charge in [-0.2, -0.15) is 0 Å². The molecule has 2 nitrogen and oxygen atoms in total. The van der Waals surface area contributed by atoms with E-state index in [-0.39, 0.29) is 0 Å². The quantitative estimate of drug-likeness (QED) is 0.712. The van der Waals surface area contributed by atoms with Gasteiger partial charge >= 0.3 is 0 Å². The highest BCUT2D eigenvalue weighted by Crippen LogP contribution is 2.24. The number of nitrogens with two attached hydrogens (primary N) is 1. The summed E-state index contributed by atoms with van der Waals surface area (Å²) in [5.74, 6) is 0. The molecule has 1 fully saturated rings. The number of hydrogen-bond acceptors (Lipinski definition) is 2. The van der Waals surface area contributed by atoms with E-state index in [0.29, 0.717) is 6.04 Å². The van der Waals surface area contributed by atoms with E-state index in [0.717, 1.165) is 5.69 Å². The molecule has 82 valence electrons. The molecule has 2 N–H and O–H groups in total. The molecule has 1 unspecified atom stereocenters. The third kappa shape index (κ3) is 2.44. The molecular formula is C13H20N2. The SMILES string of the molecule is CC1CCCCCN1c1ccc(N)cc1. The first-order valence-corrected chi connectivity index (χ1v) is 5.89. The van der Waals surface area contributed by atoms with Crippen LogP contribution < -0.4 is 10.6 Å². The Morgan fingerprint density at radius 2 is 1.87 bits per heavy atom. The third-order valence-corrected chi connectivity index (χ3v) is 3.28. The molecule has 0 aromatic heterocycles. The molecule has 0 aliphatic carbocycles. The standard InChI is InChI=1S/C13H20N2/c1-11-5-3-2-4-10-15(11)13-8-6-12(14)7-9-13/h6-9,11H,2-5,10,14H2,1H3. The molecule has 1 aliphatic heterocycles. The maximum absolute atomic E-state index is 5.70. The lowest BCUT2D eigenvalue weighted by atomic mass is 10.1. The topological polar surface area (TPSA) is 29.3 Å². The van der Waals surface area contributed by atoms with Crippen molar-refractivity contribution >= 4 is 11.4 Å². The van der Waals surface area contributed by atoms with E-state index in [1.165, 1.54) is 37.9 Å². The zero-order chi connectivity index (χ0) is 10.7. The molecule has 0 saturated carbocycles. The minimum atomic E-state index is 0.663. The highest BCUT2D eigenvalue weighted by Gasteiger charge is 2.16. The van der Waals surface area contributed by atoms with E-state index < -0.39 is 0 Å². The number of nitrogen functional groups attached to an aromatic ring is 1. The molecule has 1 aromatic rings. The highest BCUT2D eigenvalue weighted by atomic mass is 15.2. The molecule has 0 radical (unpaired) electrons. The molecule has 0 bridgehead atoms. The first-order chi connectivity index (χ1) is 7.27. The van der Waals surface area contributed by atoms with Crippen LogP contribution in [0, 0.1) is 0 Å². The Morgan fingerprint density at radius 1 is 1.13 bits per heavy atom. The fourth-order valence-electron chi connectivity index (χ4n) is 2.32. The van der Waals surface area contributed by atoms with Crippen LogP contribution in [0.5, 0.6) is 0 Å². The van der Waals surface area contributed by atoms with Crippen LogP contribution in [0.4, 0.5) is 11.4 Å². The van der Waals surface area contributed by atoms with Crippen molar-refractivity contribution in [2.75, 3.05) is 17.2 Å². The van der Waals surface area contributed by atoms with Gasteiger partial charge in [-0.05, 0) is 44.0 Å². The average molecular weight is 204 g/mol. The molecule has 2 rings (SSSR count). The molecule has 1 saturated heterocycles. The molecule has 1 heterocycles. The second-order valence-electron chi connectivity index (χ2n) is 4.48. The van der Waals surface area contributed by atoms with E-state index in [1.54, 1.807) is 0 Å². The minimum Gasteiger partial charge on any atom is -0.399 e. The van der Waals surface area contributed by atoms with Crippen molar-refractivity contribution in [2.24, 2.45) is 0 Å². The summed E-state index contributed by atoms with van der Waals surface area (Å²) in [4.78, 5) is 2.51. The molecule has 15 heavy (non-hydrogen) atoms. The van der Waals surface area contributed by atoms with Gasteiger partial charge in [0.2, 0.25) is 0 Å². The molecular weight excluding hydrogens is 184 g/mol. The van der Waals surface area contributed by atoms with Crippen LogP contribution in [-0.4, -0.2) is 12.6 Å². The van der Waals surface area contributed by atoms with Crippen molar-refractivity contribution in [1.29, 1.82) is 0 Å². The first-order valence-electron chi connectivity index (χ1n) is 5.89. The lowest BCUT2D eigenvalue weighted by Gasteiger charge is -2.29. The average Bonchev–Trinajstić information content (AvgIpc) is 2.44. The van der Waals surface area contributed by atoms with Crippen LogP contribution in [-0.2, 0) is 0 Å². The maximum atomic E-state index is 5.70. The number of hydrogen-bond donors (Lipinski definition) is 1. The molecule has 0 amide bonds. The smallest absolute Gasteiger partial charge is 0.0370 e. The summed E-state index contributed by atoms with van der Waals surface area (Å²) in [5, 5.41) is 0. The predicted octanol–water partition coefficient (Wildman–Crippen LogP) is 3.04. The van der Waals surface area contributed by atoms with Crippen LogP contribution in [0.25, 0.3) is 0 Å². The van der Waals surface area contributed by atoms with Gasteiger partial charge in [0.25, 0.3) is 0 Å². The van der Waals surface area contributed by atoms with Crippen molar-refractivity contribution in [2.45, 2.75) is 38.6 Å². The van der Waals surface area contributed by atoms with Crippen molar-refractivity contribution in [3.8, 4) is 0 Å². The Bertz CT molecular complexity index is 305. The zero-order valence-corrected chi connectivity index (χ0v) is 9.45. The monoisotopic (exact) mass is 204 g/mol. The summed E-state index contributed by atoms with van der Waals surface area (Å²) in [6.07, 6.45) is 5.36. The lowest BCUT2D eigenvalue weighted by Crippen LogP contribution is -2.32. The Labute approximate surface area is 92.1 Å². The Kier molecular flexibility index (Phi) is 3.14. The van der Waals surface area contributed by atoms with E-state index in [9.17, 15) is 0 Å². The Morgan fingerprint density at radius 3 is 2.60 bits per heavy atom. The van der Waals surface area contributed by atoms with Crippen molar-refractivity contribution in [1.82, 2.24) is 0 Å². The van der Waals surface area contributed by atoms with Gasteiger partial charge in [-0.15, -0.1) is 0 Å². The van der Waals surface area contributed by atoms with Crippen molar-refractivity contribution in [3.63, 3.8) is 0 Å². The van der Waals surface area contributed by atoms with E-state index >= 15 is 0 Å². The second-order valence-corrected chi connectivity index (χ2v) is 4.48. The van der Waals surface area contributed by atoms with Gasteiger partial charge in [0.1, 0.15) is 0 Å². The second kappa shape index (κ2) is 4.56. The molecule has 2 heteroatoms. The minimum absolute atomic E-state index is 0.663.